The predicted octanol–water partition coefficient (Wildman–Crippen LogP) is 1.12. The fourth-order valence-corrected chi connectivity index (χ4v) is 9.27. The number of para-hydroxylation sites is 1. The molecule has 2 amide bonds. The molecule has 234 valence electrons. The minimum atomic E-state index is -1.46. The van der Waals surface area contributed by atoms with Crippen LogP contribution >= 0.6 is 46.2 Å². The molecule has 0 bridgehead atoms. The number of aromatic nitrogens is 2. The number of anilines is 1. The number of thioether (sulfide) groups is 2. The van der Waals surface area contributed by atoms with Gasteiger partial charge in [0.1, 0.15) is 38.4 Å². The lowest BCUT2D eigenvalue weighted by Crippen LogP contribution is -2.35. The van der Waals surface area contributed by atoms with Crippen LogP contribution in [0.1, 0.15) is 13.8 Å². The van der Waals surface area contributed by atoms with Crippen molar-refractivity contribution in [3.63, 3.8) is 0 Å². The summed E-state index contributed by atoms with van der Waals surface area (Å²) in [6.07, 6.45) is 1.80. The molecular formula is C27H22N4O10S4. The molecule has 2 aliphatic heterocycles. The molecule has 0 radical (unpaired) electrons. The first-order valence-corrected chi connectivity index (χ1v) is 16.2. The minimum Gasteiger partial charge on any atom is -0.480 e. The third-order valence-electron chi connectivity index (χ3n) is 6.54. The average Bonchev–Trinajstić information content (AvgIpc) is 3.66. The molecule has 45 heavy (non-hydrogen) atoms. The van der Waals surface area contributed by atoms with Crippen molar-refractivity contribution in [2.75, 3.05) is 18.0 Å². The van der Waals surface area contributed by atoms with Crippen LogP contribution < -0.4 is 25.2 Å². The third kappa shape index (κ3) is 6.00. The number of amides is 2. The van der Waals surface area contributed by atoms with Crippen LogP contribution in [0.25, 0.3) is 10.5 Å². The highest BCUT2D eigenvalue weighted by molar-refractivity contribution is 8.23. The van der Waals surface area contributed by atoms with Crippen molar-refractivity contribution in [1.29, 1.82) is 0 Å². The Morgan fingerprint density at radius 1 is 0.800 bits per heavy atom. The number of aliphatic carboxylic acids is 3. The maximum Gasteiger partial charge on any atom is 0.323 e. The summed E-state index contributed by atoms with van der Waals surface area (Å²) in [4.78, 5) is 90.5. The Kier molecular flexibility index (Phi) is 8.92. The maximum atomic E-state index is 13.6. The third-order valence-corrected chi connectivity index (χ3v) is 11.4. The van der Waals surface area contributed by atoms with Gasteiger partial charge in [-0.2, -0.15) is 0 Å². The van der Waals surface area contributed by atoms with Gasteiger partial charge in [0, 0.05) is 11.4 Å². The zero-order valence-corrected chi connectivity index (χ0v) is 26.6. The molecule has 5 rings (SSSR count). The maximum absolute atomic E-state index is 13.6. The Labute approximate surface area is 268 Å². The zero-order valence-electron chi connectivity index (χ0n) is 23.3. The van der Waals surface area contributed by atoms with Crippen LogP contribution in [0.5, 0.6) is 0 Å². The summed E-state index contributed by atoms with van der Waals surface area (Å²) in [6.45, 7) is 1.64. The Hall–Kier alpha value is -4.39. The first kappa shape index (κ1) is 32.0. The molecule has 3 N–H and O–H groups in total. The van der Waals surface area contributed by atoms with Gasteiger partial charge >= 0.3 is 17.9 Å². The summed E-state index contributed by atoms with van der Waals surface area (Å²) in [6, 6.07) is 7.77. The van der Waals surface area contributed by atoms with Crippen molar-refractivity contribution in [1.82, 2.24) is 14.0 Å². The summed E-state index contributed by atoms with van der Waals surface area (Å²) in [5, 5.41) is 28.1. The minimum absolute atomic E-state index is 0.0741. The molecule has 3 aromatic rings. The second-order valence-corrected chi connectivity index (χ2v) is 13.5. The molecule has 0 aliphatic carbocycles. The largest absolute Gasteiger partial charge is 0.480 e. The molecule has 0 atom stereocenters. The highest BCUT2D eigenvalue weighted by atomic mass is 32.2. The fraction of sp³-hybridized carbons (Fsp3) is 0.222. The van der Waals surface area contributed by atoms with E-state index in [9.17, 15) is 43.8 Å². The Morgan fingerprint density at radius 2 is 1.42 bits per heavy atom. The lowest BCUT2D eigenvalue weighted by molar-refractivity contribution is -0.140. The van der Waals surface area contributed by atoms with Crippen LogP contribution in [-0.2, 0) is 32.3 Å². The van der Waals surface area contributed by atoms with E-state index in [-0.39, 0.29) is 23.3 Å². The number of allylic oxidation sites excluding steroid dienone is 1. The van der Waals surface area contributed by atoms with E-state index < -0.39 is 59.8 Å². The molecule has 0 spiro atoms. The lowest BCUT2D eigenvalue weighted by Gasteiger charge is -2.17. The van der Waals surface area contributed by atoms with Gasteiger partial charge in [-0.05, 0) is 49.4 Å². The van der Waals surface area contributed by atoms with E-state index in [2.05, 4.69) is 4.90 Å². The van der Waals surface area contributed by atoms with E-state index >= 15 is 0 Å². The van der Waals surface area contributed by atoms with Gasteiger partial charge in [0.25, 0.3) is 22.3 Å². The molecule has 1 aromatic carbocycles. The van der Waals surface area contributed by atoms with E-state index in [4.69, 9.17) is 5.11 Å². The number of carboxylic acids is 3. The number of thiazole rings is 2. The Bertz CT molecular complexity index is 2190. The van der Waals surface area contributed by atoms with E-state index in [0.29, 0.717) is 40.1 Å². The van der Waals surface area contributed by atoms with Gasteiger partial charge in [0.05, 0.1) is 15.2 Å². The van der Waals surface area contributed by atoms with Crippen molar-refractivity contribution < 1.29 is 39.3 Å². The smallest absolute Gasteiger partial charge is 0.323 e. The summed E-state index contributed by atoms with van der Waals surface area (Å²) >= 11 is 3.31. The van der Waals surface area contributed by atoms with E-state index in [1.807, 2.05) is 31.2 Å². The highest BCUT2D eigenvalue weighted by Crippen LogP contribution is 2.45. The summed E-state index contributed by atoms with van der Waals surface area (Å²) in [7, 11) is 0. The molecule has 14 nitrogen and oxygen atoms in total. The number of hydrogen-bond acceptors (Lipinski definition) is 12. The number of hydrogen-bond donors (Lipinski definition) is 3. The quantitative estimate of drug-likeness (QED) is 0.305. The topological polar surface area (TPSA) is 197 Å². The van der Waals surface area contributed by atoms with Crippen LogP contribution in [0.3, 0.4) is 0 Å². The molecule has 4 heterocycles. The van der Waals surface area contributed by atoms with Crippen LogP contribution in [0.15, 0.2) is 49.9 Å². The van der Waals surface area contributed by atoms with Gasteiger partial charge in [-0.15, -0.1) is 22.7 Å². The summed E-state index contributed by atoms with van der Waals surface area (Å²) in [5.74, 6) is -5.30. The van der Waals surface area contributed by atoms with Crippen LogP contribution in [0.2, 0.25) is 0 Å². The van der Waals surface area contributed by atoms with Crippen molar-refractivity contribution in [3.05, 3.63) is 74.5 Å². The van der Waals surface area contributed by atoms with Gasteiger partial charge < -0.3 is 20.2 Å². The van der Waals surface area contributed by atoms with Crippen LogP contribution in [0.4, 0.5) is 10.5 Å². The number of rotatable bonds is 8. The van der Waals surface area contributed by atoms with Crippen molar-refractivity contribution >= 4 is 91.4 Å². The van der Waals surface area contributed by atoms with E-state index in [1.54, 1.807) is 13.0 Å². The number of carbonyl (C=O) groups is 5. The number of benzene rings is 1. The summed E-state index contributed by atoms with van der Waals surface area (Å²) in [5.41, 5.74) is -0.111. The van der Waals surface area contributed by atoms with Crippen molar-refractivity contribution in [3.8, 4) is 0 Å². The molecular weight excluding hydrogens is 669 g/mol. The molecule has 1 fully saturated rings. The number of nitrogens with zero attached hydrogens (tertiary/aromatic N) is 4. The predicted molar refractivity (Wildman–Crippen MR) is 168 cm³/mol. The highest BCUT2D eigenvalue weighted by Gasteiger charge is 2.38. The van der Waals surface area contributed by atoms with Crippen molar-refractivity contribution in [2.24, 2.45) is 0 Å². The average molecular weight is 691 g/mol. The molecule has 1 saturated heterocycles. The van der Waals surface area contributed by atoms with E-state index in [0.717, 1.165) is 36.1 Å². The van der Waals surface area contributed by atoms with Gasteiger partial charge in [0.2, 0.25) is 0 Å². The normalized spacial score (nSPS) is 18.1. The van der Waals surface area contributed by atoms with Gasteiger partial charge in [-0.25, -0.2) is 0 Å². The monoisotopic (exact) mass is 690 g/mol. The van der Waals surface area contributed by atoms with Gasteiger partial charge in [-0.1, -0.05) is 23.9 Å². The second kappa shape index (κ2) is 12.5. The number of imide groups is 1. The SMILES string of the molecule is CCN1C(=CC(C)=c2s/c(=c3/sc(=C4SC(=O)N(CC(=O)O)C4=O)n(CC(=O)O)c3=O)n(CC(=O)O)c2=O)Sc2ccccc21. The molecule has 2 aliphatic rings. The van der Waals surface area contributed by atoms with Crippen LogP contribution in [0, 0.1) is 9.20 Å². The first-order chi connectivity index (χ1) is 21.3. The molecule has 2 aromatic heterocycles. The van der Waals surface area contributed by atoms with Crippen LogP contribution in [-0.4, -0.2) is 71.5 Å². The Morgan fingerprint density at radius 3 is 2.04 bits per heavy atom. The standard InChI is InChI=1S/C27H22N4O10S4/c1-3-28-13-6-4-5-7-14(13)42-15(28)8-12(2)19-22(38)29(9-16(32)33)25(43-19)20-23(39)30(10-17(34)35)26(44-20)21-24(40)31(11-18(36)37)27(41)45-21/h4-8H,3,9-11H2,1-2H3,(H,32,33)(H,34,35)(H,36,37)/b15-8?,19-12?,25-20+,26-21?. The molecule has 18 heteroatoms. The second-order valence-electron chi connectivity index (χ2n) is 9.50. The molecule has 0 saturated carbocycles. The number of carboxylic acid groups (broad SMARTS) is 3. The summed E-state index contributed by atoms with van der Waals surface area (Å²) < 4.78 is 1.25. The molecule has 0 unspecified atom stereocenters. The number of fused-ring (bicyclic) bond motifs is 1. The lowest BCUT2D eigenvalue weighted by atomic mass is 10.2. The van der Waals surface area contributed by atoms with E-state index in [1.165, 1.54) is 11.8 Å². The van der Waals surface area contributed by atoms with Gasteiger partial charge in [-0.3, -0.25) is 47.6 Å². The van der Waals surface area contributed by atoms with Crippen molar-refractivity contribution in [2.45, 2.75) is 31.8 Å². The first-order valence-electron chi connectivity index (χ1n) is 13.0. The zero-order chi connectivity index (χ0) is 32.7. The van der Waals surface area contributed by atoms with Gasteiger partial charge in [0.15, 0.2) is 0 Å². The Balaban J connectivity index is 1.82. The fourth-order valence-electron chi connectivity index (χ4n) is 4.64. The number of carbonyl (C=O) groups excluding carboxylic acids is 2.